The van der Waals surface area contributed by atoms with Crippen LogP contribution >= 0.6 is 11.6 Å². The minimum Gasteiger partial charge on any atom is -0.478 e. The van der Waals surface area contributed by atoms with Crippen LogP contribution in [0.15, 0.2) is 24.3 Å². The maximum Gasteiger partial charge on any atom is 0.339 e. The summed E-state index contributed by atoms with van der Waals surface area (Å²) in [6.45, 7) is 1.97. The summed E-state index contributed by atoms with van der Waals surface area (Å²) in [4.78, 5) is 15.4. The topological polar surface area (TPSA) is 50.2 Å². The van der Waals surface area contributed by atoms with Gasteiger partial charge in [-0.3, -0.25) is 4.98 Å². The molecule has 1 aromatic heterocycles. The average molecular weight is 236 g/mol. The van der Waals surface area contributed by atoms with Gasteiger partial charge in [-0.2, -0.15) is 0 Å². The Balaban J connectivity index is 2.83. The maximum absolute atomic E-state index is 11.1. The maximum atomic E-state index is 11.1. The highest BCUT2D eigenvalue weighted by Gasteiger charge is 2.14. The molecule has 82 valence electrons. The van der Waals surface area contributed by atoms with E-state index in [9.17, 15) is 4.79 Å². The Hall–Kier alpha value is -1.61. The van der Waals surface area contributed by atoms with Gasteiger partial charge in [-0.1, -0.05) is 30.7 Å². The number of nitrogens with zero attached hydrogens (tertiary/aromatic N) is 1. The Bertz CT molecular complexity index is 566. The Morgan fingerprint density at radius 1 is 1.38 bits per heavy atom. The third-order valence-electron chi connectivity index (χ3n) is 2.45. The van der Waals surface area contributed by atoms with E-state index in [-0.39, 0.29) is 10.6 Å². The van der Waals surface area contributed by atoms with Crippen LogP contribution in [-0.2, 0) is 6.42 Å². The normalized spacial score (nSPS) is 10.6. The molecule has 0 amide bonds. The van der Waals surface area contributed by atoms with Gasteiger partial charge in [0.15, 0.2) is 0 Å². The van der Waals surface area contributed by atoms with Crippen LogP contribution in [0, 0.1) is 0 Å². The summed E-state index contributed by atoms with van der Waals surface area (Å²) in [6.07, 6.45) is 0.765. The Kier molecular flexibility index (Phi) is 2.79. The van der Waals surface area contributed by atoms with Crippen LogP contribution in [0.5, 0.6) is 0 Å². The van der Waals surface area contributed by atoms with Gasteiger partial charge in [-0.05, 0) is 18.6 Å². The second kappa shape index (κ2) is 4.10. The summed E-state index contributed by atoms with van der Waals surface area (Å²) in [7, 11) is 0. The number of aryl methyl sites for hydroxylation is 1. The van der Waals surface area contributed by atoms with Crippen molar-refractivity contribution in [1.29, 1.82) is 0 Å². The first-order chi connectivity index (χ1) is 7.63. The molecule has 0 bridgehead atoms. The summed E-state index contributed by atoms with van der Waals surface area (Å²) in [5.41, 5.74) is 1.39. The number of rotatable bonds is 2. The van der Waals surface area contributed by atoms with Crippen LogP contribution in [0.1, 0.15) is 23.0 Å². The molecule has 2 aromatic rings. The predicted molar refractivity (Wildman–Crippen MR) is 63.1 cm³/mol. The van der Waals surface area contributed by atoms with Crippen LogP contribution in [0.25, 0.3) is 10.9 Å². The van der Waals surface area contributed by atoms with Crippen molar-refractivity contribution in [1.82, 2.24) is 4.98 Å². The van der Waals surface area contributed by atoms with Gasteiger partial charge in [-0.15, -0.1) is 0 Å². The van der Waals surface area contributed by atoms with Gasteiger partial charge in [0, 0.05) is 11.1 Å². The van der Waals surface area contributed by atoms with Gasteiger partial charge in [0.25, 0.3) is 0 Å². The number of carboxylic acid groups (broad SMARTS) is 1. The minimum atomic E-state index is -1.05. The monoisotopic (exact) mass is 235 g/mol. The standard InChI is InChI=1S/C12H10ClNO2/c1-2-8-5-3-7-4-6-9(13)10(12(15)16)11(7)14-8/h3-6H,2H2,1H3,(H,15,16). The number of aromatic nitrogens is 1. The van der Waals surface area contributed by atoms with Gasteiger partial charge in [0.05, 0.1) is 10.5 Å². The third kappa shape index (κ3) is 1.74. The molecular weight excluding hydrogens is 226 g/mol. The highest BCUT2D eigenvalue weighted by atomic mass is 35.5. The zero-order chi connectivity index (χ0) is 11.7. The molecule has 0 fully saturated rings. The lowest BCUT2D eigenvalue weighted by atomic mass is 10.1. The first-order valence-electron chi connectivity index (χ1n) is 4.95. The lowest BCUT2D eigenvalue weighted by Crippen LogP contribution is -2.01. The molecule has 4 heteroatoms. The molecule has 0 aliphatic rings. The van der Waals surface area contributed by atoms with E-state index in [0.29, 0.717) is 5.52 Å². The fourth-order valence-corrected chi connectivity index (χ4v) is 1.84. The fraction of sp³-hybridized carbons (Fsp3) is 0.167. The fourth-order valence-electron chi connectivity index (χ4n) is 1.60. The van der Waals surface area contributed by atoms with Gasteiger partial charge in [0.1, 0.15) is 5.56 Å². The van der Waals surface area contributed by atoms with Crippen LogP contribution in [0.3, 0.4) is 0 Å². The molecule has 0 radical (unpaired) electrons. The summed E-state index contributed by atoms with van der Waals surface area (Å²) < 4.78 is 0. The summed E-state index contributed by atoms with van der Waals surface area (Å²) >= 11 is 5.87. The van der Waals surface area contributed by atoms with Gasteiger partial charge < -0.3 is 5.11 Å². The SMILES string of the molecule is CCc1ccc2ccc(Cl)c(C(=O)O)c2n1. The zero-order valence-corrected chi connectivity index (χ0v) is 9.45. The smallest absolute Gasteiger partial charge is 0.339 e. The van der Waals surface area contributed by atoms with Crippen molar-refractivity contribution in [2.45, 2.75) is 13.3 Å². The molecule has 0 saturated carbocycles. The highest BCUT2D eigenvalue weighted by molar-refractivity contribution is 6.35. The van der Waals surface area contributed by atoms with Crippen LogP contribution in [0.2, 0.25) is 5.02 Å². The van der Waals surface area contributed by atoms with Crippen LogP contribution < -0.4 is 0 Å². The second-order valence-corrected chi connectivity index (χ2v) is 3.86. The van der Waals surface area contributed by atoms with E-state index in [1.165, 1.54) is 0 Å². The number of pyridine rings is 1. The summed E-state index contributed by atoms with van der Waals surface area (Å²) in [5, 5.41) is 10.1. The molecule has 0 saturated heterocycles. The average Bonchev–Trinajstić information content (AvgIpc) is 2.27. The molecule has 3 nitrogen and oxygen atoms in total. The number of hydrogen-bond donors (Lipinski definition) is 1. The Labute approximate surface area is 97.7 Å². The first-order valence-corrected chi connectivity index (χ1v) is 5.32. The lowest BCUT2D eigenvalue weighted by molar-refractivity contribution is 0.0699. The van der Waals surface area contributed by atoms with Gasteiger partial charge in [-0.25, -0.2) is 4.79 Å². The van der Waals surface area contributed by atoms with E-state index in [1.807, 2.05) is 19.1 Å². The van der Waals surface area contributed by atoms with Crippen molar-refractivity contribution in [3.05, 3.63) is 40.5 Å². The van der Waals surface area contributed by atoms with E-state index in [4.69, 9.17) is 16.7 Å². The number of benzene rings is 1. The van der Waals surface area contributed by atoms with Crippen molar-refractivity contribution < 1.29 is 9.90 Å². The molecular formula is C12H10ClNO2. The summed E-state index contributed by atoms with van der Waals surface area (Å²) in [6, 6.07) is 7.11. The number of aromatic carboxylic acids is 1. The zero-order valence-electron chi connectivity index (χ0n) is 8.70. The molecule has 16 heavy (non-hydrogen) atoms. The van der Waals surface area contributed by atoms with Crippen molar-refractivity contribution in [2.24, 2.45) is 0 Å². The highest BCUT2D eigenvalue weighted by Crippen LogP contribution is 2.25. The van der Waals surface area contributed by atoms with E-state index >= 15 is 0 Å². The number of hydrogen-bond acceptors (Lipinski definition) is 2. The summed E-state index contributed by atoms with van der Waals surface area (Å²) in [5.74, 6) is -1.05. The van der Waals surface area contributed by atoms with E-state index in [1.54, 1.807) is 12.1 Å². The molecule has 1 heterocycles. The number of carbonyl (C=O) groups is 1. The van der Waals surface area contributed by atoms with Crippen LogP contribution in [-0.4, -0.2) is 16.1 Å². The van der Waals surface area contributed by atoms with Gasteiger partial charge >= 0.3 is 5.97 Å². The van der Waals surface area contributed by atoms with Crippen molar-refractivity contribution in [2.75, 3.05) is 0 Å². The number of halogens is 1. The molecule has 0 atom stereocenters. The van der Waals surface area contributed by atoms with Crippen molar-refractivity contribution >= 4 is 28.5 Å². The molecule has 0 aliphatic carbocycles. The van der Waals surface area contributed by atoms with Gasteiger partial charge in [0.2, 0.25) is 0 Å². The minimum absolute atomic E-state index is 0.0782. The largest absolute Gasteiger partial charge is 0.478 e. The second-order valence-electron chi connectivity index (χ2n) is 3.46. The molecule has 0 aliphatic heterocycles. The quantitative estimate of drug-likeness (QED) is 0.870. The van der Waals surface area contributed by atoms with Crippen molar-refractivity contribution in [3.63, 3.8) is 0 Å². The number of carboxylic acids is 1. The Morgan fingerprint density at radius 2 is 2.06 bits per heavy atom. The molecule has 0 spiro atoms. The molecule has 1 N–H and O–H groups in total. The van der Waals surface area contributed by atoms with E-state index < -0.39 is 5.97 Å². The lowest BCUT2D eigenvalue weighted by Gasteiger charge is -2.05. The third-order valence-corrected chi connectivity index (χ3v) is 2.76. The first kappa shape index (κ1) is 10.9. The molecule has 0 unspecified atom stereocenters. The molecule has 1 aromatic carbocycles. The number of fused-ring (bicyclic) bond motifs is 1. The van der Waals surface area contributed by atoms with E-state index in [2.05, 4.69) is 4.98 Å². The van der Waals surface area contributed by atoms with Crippen LogP contribution in [0.4, 0.5) is 0 Å². The van der Waals surface area contributed by atoms with Crippen molar-refractivity contribution in [3.8, 4) is 0 Å². The van der Waals surface area contributed by atoms with E-state index in [0.717, 1.165) is 17.5 Å². The predicted octanol–water partition coefficient (Wildman–Crippen LogP) is 3.15. The Morgan fingerprint density at radius 3 is 2.69 bits per heavy atom. The molecule has 2 rings (SSSR count).